The van der Waals surface area contributed by atoms with Crippen LogP contribution in [0.2, 0.25) is 0 Å². The first-order chi connectivity index (χ1) is 33.3. The van der Waals surface area contributed by atoms with Crippen molar-refractivity contribution in [3.63, 3.8) is 0 Å². The lowest BCUT2D eigenvalue weighted by molar-refractivity contribution is 0.794. The molecule has 1 aromatic heterocycles. The molecule has 0 radical (unpaired) electrons. The van der Waals surface area contributed by atoms with E-state index in [4.69, 9.17) is 0 Å². The Hall–Kier alpha value is -8.72. The highest BCUT2D eigenvalue weighted by atomic mass is 15.1. The minimum atomic E-state index is -0.439. The van der Waals surface area contributed by atoms with Gasteiger partial charge in [0.1, 0.15) is 0 Å². The summed E-state index contributed by atoms with van der Waals surface area (Å²) < 4.78 is 2.45. The maximum atomic E-state index is 2.48. The fraction of sp³-hybridized carbons (Fsp3) is 0.0154. The van der Waals surface area contributed by atoms with Gasteiger partial charge in [-0.2, -0.15) is 0 Å². The molecule has 0 fully saturated rings. The monoisotopic (exact) mass is 850 g/mol. The molecular weight excluding hydrogens is 809 g/mol. The van der Waals surface area contributed by atoms with E-state index < -0.39 is 5.41 Å². The lowest BCUT2D eigenvalue weighted by Crippen LogP contribution is -2.26. The Morgan fingerprint density at radius 2 is 0.806 bits per heavy atom. The Morgan fingerprint density at radius 3 is 1.54 bits per heavy atom. The number of hydrogen-bond donors (Lipinski definition) is 0. The molecule has 0 atom stereocenters. The molecule has 0 bridgehead atoms. The van der Waals surface area contributed by atoms with Crippen LogP contribution in [0.1, 0.15) is 22.3 Å². The van der Waals surface area contributed by atoms with Gasteiger partial charge in [-0.25, -0.2) is 0 Å². The summed E-state index contributed by atoms with van der Waals surface area (Å²) in [6, 6.07) is 94.2. The van der Waals surface area contributed by atoms with Crippen molar-refractivity contribution >= 4 is 49.6 Å². The van der Waals surface area contributed by atoms with Crippen LogP contribution >= 0.6 is 0 Å². The smallest absolute Gasteiger partial charge is 0.0726 e. The zero-order valence-corrected chi connectivity index (χ0v) is 36.6. The van der Waals surface area contributed by atoms with Crippen LogP contribution in [0, 0.1) is 0 Å². The molecule has 1 heterocycles. The number of nitrogens with zero attached hydrogens (tertiary/aromatic N) is 2. The van der Waals surface area contributed by atoms with Crippen LogP contribution in [0.5, 0.6) is 0 Å². The normalized spacial score (nSPS) is 12.9. The fourth-order valence-electron chi connectivity index (χ4n) is 11.9. The molecule has 1 spiro atoms. The van der Waals surface area contributed by atoms with Crippen molar-refractivity contribution in [1.29, 1.82) is 0 Å². The number of aromatic nitrogens is 1. The van der Waals surface area contributed by atoms with Crippen molar-refractivity contribution in [2.24, 2.45) is 0 Å². The molecule has 0 saturated heterocycles. The van der Waals surface area contributed by atoms with Gasteiger partial charge in [-0.1, -0.05) is 206 Å². The van der Waals surface area contributed by atoms with Crippen LogP contribution < -0.4 is 4.90 Å². The predicted molar refractivity (Wildman–Crippen MR) is 280 cm³/mol. The Kier molecular flexibility index (Phi) is 8.23. The Balaban J connectivity index is 0.969. The summed E-state index contributed by atoms with van der Waals surface area (Å²) in [6.45, 7) is 0. The van der Waals surface area contributed by atoms with Gasteiger partial charge in [0.15, 0.2) is 0 Å². The average Bonchev–Trinajstić information content (AvgIpc) is 4.02. The summed E-state index contributed by atoms with van der Waals surface area (Å²) in [5, 5.41) is 4.97. The van der Waals surface area contributed by atoms with E-state index in [0.29, 0.717) is 0 Å². The molecule has 14 rings (SSSR count). The largest absolute Gasteiger partial charge is 0.310 e. The SMILES string of the molecule is c1ccc(-c2ccc(N(c3ccc(-c4cccc5c4c4ccccc4n5-c4cccc5ccccc45)cc3)c3cccc4c3-c3ccccc3C43c4ccccc4-c4ccccc43)cc2)cc1. The summed E-state index contributed by atoms with van der Waals surface area (Å²) >= 11 is 0. The second-order valence-electron chi connectivity index (χ2n) is 17.9. The second-order valence-corrected chi connectivity index (χ2v) is 17.9. The first-order valence-electron chi connectivity index (χ1n) is 23.3. The second kappa shape index (κ2) is 14.7. The van der Waals surface area contributed by atoms with Crippen molar-refractivity contribution in [3.8, 4) is 50.2 Å². The molecule has 0 N–H and O–H groups in total. The third-order valence-electron chi connectivity index (χ3n) is 14.6. The maximum Gasteiger partial charge on any atom is 0.0726 e. The molecular formula is C65H42N2. The van der Waals surface area contributed by atoms with E-state index >= 15 is 0 Å². The summed E-state index contributed by atoms with van der Waals surface area (Å²) in [7, 11) is 0. The van der Waals surface area contributed by atoms with Crippen molar-refractivity contribution in [3.05, 3.63) is 277 Å². The van der Waals surface area contributed by atoms with Gasteiger partial charge in [0.2, 0.25) is 0 Å². The summed E-state index contributed by atoms with van der Waals surface area (Å²) in [5.41, 5.74) is 21.8. The van der Waals surface area contributed by atoms with Crippen LogP contribution in [-0.2, 0) is 5.41 Å². The standard InChI is InChI=1S/C65H42N2/c1-2-17-43(18-3-1)44-35-39-47(40-36-44)66(62-34-16-30-58-64(62)53-24-8-12-29-57(53)65(58)55-27-10-6-22-51(55)52-23-7-11-28-56(52)65)48-41-37-46(38-42-48)50-26-15-33-61-63(50)54-25-9-13-31-60(54)67(61)59-32-14-20-45-19-4-5-21-49(45)59/h1-42H. The average molecular weight is 851 g/mol. The van der Waals surface area contributed by atoms with Gasteiger partial charge in [-0.15, -0.1) is 0 Å². The maximum absolute atomic E-state index is 2.48. The molecule has 2 heteroatoms. The van der Waals surface area contributed by atoms with Crippen LogP contribution in [0.4, 0.5) is 17.1 Å². The number of hydrogen-bond acceptors (Lipinski definition) is 1. The summed E-state index contributed by atoms with van der Waals surface area (Å²) in [5.74, 6) is 0. The quantitative estimate of drug-likeness (QED) is 0.162. The highest BCUT2D eigenvalue weighted by Gasteiger charge is 2.52. The van der Waals surface area contributed by atoms with E-state index in [9.17, 15) is 0 Å². The van der Waals surface area contributed by atoms with E-state index in [2.05, 4.69) is 264 Å². The number of anilines is 3. The van der Waals surface area contributed by atoms with Crippen molar-refractivity contribution < 1.29 is 0 Å². The van der Waals surface area contributed by atoms with E-state index in [-0.39, 0.29) is 0 Å². The Labute approximate surface area is 389 Å². The van der Waals surface area contributed by atoms with Gasteiger partial charge < -0.3 is 9.47 Å². The number of benzene rings is 11. The molecule has 2 aliphatic rings. The van der Waals surface area contributed by atoms with E-state index in [1.165, 1.54) is 105 Å². The lowest BCUT2D eigenvalue weighted by Gasteiger charge is -2.32. The molecule has 11 aromatic carbocycles. The van der Waals surface area contributed by atoms with E-state index in [1.807, 2.05) is 0 Å². The minimum Gasteiger partial charge on any atom is -0.310 e. The Morgan fingerprint density at radius 1 is 0.313 bits per heavy atom. The summed E-state index contributed by atoms with van der Waals surface area (Å²) in [6.07, 6.45) is 0. The summed E-state index contributed by atoms with van der Waals surface area (Å²) in [4.78, 5) is 2.48. The number of rotatable bonds is 6. The van der Waals surface area contributed by atoms with Gasteiger partial charge in [-0.05, 0) is 115 Å². The van der Waals surface area contributed by atoms with Gasteiger partial charge in [0, 0.05) is 33.1 Å². The zero-order valence-electron chi connectivity index (χ0n) is 36.6. The Bertz CT molecular complexity index is 3860. The fourth-order valence-corrected chi connectivity index (χ4v) is 11.9. The molecule has 0 amide bonds. The molecule has 312 valence electrons. The number of para-hydroxylation sites is 1. The highest BCUT2D eigenvalue weighted by Crippen LogP contribution is 2.64. The van der Waals surface area contributed by atoms with Gasteiger partial charge in [0.05, 0.1) is 27.8 Å². The molecule has 12 aromatic rings. The third kappa shape index (κ3) is 5.39. The minimum absolute atomic E-state index is 0.439. The molecule has 0 unspecified atom stereocenters. The van der Waals surface area contributed by atoms with Crippen molar-refractivity contribution in [2.45, 2.75) is 5.41 Å². The third-order valence-corrected chi connectivity index (χ3v) is 14.6. The molecule has 0 saturated carbocycles. The highest BCUT2D eigenvalue weighted by molar-refractivity contribution is 6.16. The van der Waals surface area contributed by atoms with Crippen LogP contribution in [0.15, 0.2) is 255 Å². The van der Waals surface area contributed by atoms with Crippen molar-refractivity contribution in [2.75, 3.05) is 4.90 Å². The van der Waals surface area contributed by atoms with E-state index in [1.54, 1.807) is 0 Å². The van der Waals surface area contributed by atoms with Crippen LogP contribution in [0.3, 0.4) is 0 Å². The predicted octanol–water partition coefficient (Wildman–Crippen LogP) is 17.1. The molecule has 0 aliphatic heterocycles. The number of fused-ring (bicyclic) bond motifs is 14. The molecule has 2 aliphatic carbocycles. The first-order valence-corrected chi connectivity index (χ1v) is 23.3. The van der Waals surface area contributed by atoms with Gasteiger partial charge in [0.25, 0.3) is 0 Å². The van der Waals surface area contributed by atoms with Gasteiger partial charge in [-0.3, -0.25) is 0 Å². The lowest BCUT2D eigenvalue weighted by atomic mass is 9.70. The molecule has 2 nitrogen and oxygen atoms in total. The van der Waals surface area contributed by atoms with Crippen LogP contribution in [0.25, 0.3) is 82.8 Å². The topological polar surface area (TPSA) is 8.17 Å². The first kappa shape index (κ1) is 37.6. The zero-order chi connectivity index (χ0) is 44.1. The van der Waals surface area contributed by atoms with Crippen molar-refractivity contribution in [1.82, 2.24) is 4.57 Å². The van der Waals surface area contributed by atoms with Gasteiger partial charge >= 0.3 is 0 Å². The van der Waals surface area contributed by atoms with Crippen LogP contribution in [-0.4, -0.2) is 4.57 Å². The van der Waals surface area contributed by atoms with E-state index in [0.717, 1.165) is 17.1 Å². The molecule has 67 heavy (non-hydrogen) atoms.